The lowest BCUT2D eigenvalue weighted by atomic mass is 9.77. The minimum absolute atomic E-state index is 0.137. The first-order chi connectivity index (χ1) is 9.05. The summed E-state index contributed by atoms with van der Waals surface area (Å²) in [7, 11) is 1.85. The van der Waals surface area contributed by atoms with Crippen molar-refractivity contribution in [2.24, 2.45) is 0 Å². The molecule has 0 saturated heterocycles. The van der Waals surface area contributed by atoms with E-state index in [1.165, 1.54) is 5.56 Å². The smallest absolute Gasteiger partial charge is 0.241 e. The summed E-state index contributed by atoms with van der Waals surface area (Å²) in [5.74, 6) is 0.137. The highest BCUT2D eigenvalue weighted by molar-refractivity contribution is 6.09. The molecule has 1 aliphatic rings. The maximum atomic E-state index is 12.7. The van der Waals surface area contributed by atoms with Crippen molar-refractivity contribution in [3.63, 3.8) is 0 Å². The Bertz CT molecular complexity index is 645. The molecule has 0 saturated carbocycles. The minimum atomic E-state index is -0.570. The number of hydrogen-bond donors (Lipinski definition) is 0. The number of aryl methyl sites for hydroxylation is 1. The van der Waals surface area contributed by atoms with Crippen molar-refractivity contribution in [1.29, 1.82) is 0 Å². The predicted octanol–water partition coefficient (Wildman–Crippen LogP) is 3.28. The summed E-state index contributed by atoms with van der Waals surface area (Å²) in [6, 6.07) is 16.3. The monoisotopic (exact) mass is 251 g/mol. The van der Waals surface area contributed by atoms with Gasteiger partial charge < -0.3 is 4.90 Å². The van der Waals surface area contributed by atoms with Crippen LogP contribution in [0.2, 0.25) is 0 Å². The van der Waals surface area contributed by atoms with Crippen LogP contribution in [0.15, 0.2) is 48.5 Å². The number of rotatable bonds is 1. The molecule has 0 unspecified atom stereocenters. The van der Waals surface area contributed by atoms with Gasteiger partial charge in [-0.05, 0) is 31.0 Å². The largest absolute Gasteiger partial charge is 0.314 e. The van der Waals surface area contributed by atoms with Gasteiger partial charge in [0, 0.05) is 12.7 Å². The molecule has 0 fully saturated rings. The number of carbonyl (C=O) groups is 1. The average molecular weight is 251 g/mol. The van der Waals surface area contributed by atoms with E-state index in [1.54, 1.807) is 4.90 Å². The Morgan fingerprint density at radius 1 is 1.00 bits per heavy atom. The number of benzene rings is 2. The fourth-order valence-electron chi connectivity index (χ4n) is 2.91. The highest BCUT2D eigenvalue weighted by Crippen LogP contribution is 2.44. The number of anilines is 1. The van der Waals surface area contributed by atoms with Crippen LogP contribution in [0.4, 0.5) is 5.69 Å². The third-order valence-corrected chi connectivity index (χ3v) is 4.17. The molecule has 2 aromatic carbocycles. The van der Waals surface area contributed by atoms with Crippen LogP contribution in [-0.4, -0.2) is 13.0 Å². The number of fused-ring (bicyclic) bond motifs is 1. The van der Waals surface area contributed by atoms with Crippen molar-refractivity contribution in [3.8, 4) is 0 Å². The quantitative estimate of drug-likeness (QED) is 0.761. The van der Waals surface area contributed by atoms with E-state index in [0.29, 0.717) is 0 Å². The number of carbonyl (C=O) groups excluding carboxylic acids is 1. The van der Waals surface area contributed by atoms with E-state index in [1.807, 2.05) is 32.2 Å². The molecule has 96 valence electrons. The van der Waals surface area contributed by atoms with Crippen molar-refractivity contribution in [3.05, 3.63) is 65.2 Å². The van der Waals surface area contributed by atoms with Crippen molar-refractivity contribution >= 4 is 11.6 Å². The molecule has 1 heterocycles. The summed E-state index contributed by atoms with van der Waals surface area (Å²) >= 11 is 0. The van der Waals surface area contributed by atoms with Crippen LogP contribution in [0.5, 0.6) is 0 Å². The molecule has 2 nitrogen and oxygen atoms in total. The van der Waals surface area contributed by atoms with Crippen LogP contribution in [0.3, 0.4) is 0 Å². The Balaban J connectivity index is 2.24. The number of amides is 1. The molecule has 1 amide bonds. The topological polar surface area (TPSA) is 20.3 Å². The molecule has 0 bridgehead atoms. The maximum Gasteiger partial charge on any atom is 0.241 e. The highest BCUT2D eigenvalue weighted by atomic mass is 16.2. The first kappa shape index (κ1) is 12.0. The molecular weight excluding hydrogens is 234 g/mol. The van der Waals surface area contributed by atoms with Crippen LogP contribution < -0.4 is 4.90 Å². The first-order valence-electron chi connectivity index (χ1n) is 6.50. The van der Waals surface area contributed by atoms with Gasteiger partial charge in [0.25, 0.3) is 0 Å². The lowest BCUT2D eigenvalue weighted by Crippen LogP contribution is -2.37. The van der Waals surface area contributed by atoms with Crippen LogP contribution >= 0.6 is 0 Å². The molecule has 0 spiro atoms. The number of nitrogens with zero attached hydrogens (tertiary/aromatic N) is 1. The molecule has 19 heavy (non-hydrogen) atoms. The molecule has 0 N–H and O–H groups in total. The molecule has 0 aromatic heterocycles. The van der Waals surface area contributed by atoms with Crippen molar-refractivity contribution in [2.45, 2.75) is 19.3 Å². The maximum absolute atomic E-state index is 12.7. The van der Waals surface area contributed by atoms with Crippen LogP contribution in [0.1, 0.15) is 23.6 Å². The van der Waals surface area contributed by atoms with E-state index < -0.39 is 5.41 Å². The summed E-state index contributed by atoms with van der Waals surface area (Å²) in [6.45, 7) is 4.07. The fourth-order valence-corrected chi connectivity index (χ4v) is 2.91. The van der Waals surface area contributed by atoms with E-state index in [9.17, 15) is 4.79 Å². The van der Waals surface area contributed by atoms with E-state index in [2.05, 4.69) is 37.3 Å². The zero-order valence-corrected chi connectivity index (χ0v) is 11.5. The average Bonchev–Trinajstić information content (AvgIpc) is 2.63. The van der Waals surface area contributed by atoms with Gasteiger partial charge in [0.1, 0.15) is 0 Å². The zero-order valence-electron chi connectivity index (χ0n) is 11.5. The van der Waals surface area contributed by atoms with Gasteiger partial charge in [-0.1, -0.05) is 48.0 Å². The van der Waals surface area contributed by atoms with Gasteiger partial charge in [0.05, 0.1) is 5.41 Å². The molecule has 3 rings (SSSR count). The fraction of sp³-hybridized carbons (Fsp3) is 0.235. The Morgan fingerprint density at radius 2 is 1.63 bits per heavy atom. The van der Waals surface area contributed by atoms with Crippen molar-refractivity contribution < 1.29 is 4.79 Å². The van der Waals surface area contributed by atoms with Gasteiger partial charge in [-0.25, -0.2) is 0 Å². The highest BCUT2D eigenvalue weighted by Gasteiger charge is 2.46. The summed E-state index contributed by atoms with van der Waals surface area (Å²) in [4.78, 5) is 14.5. The Hall–Kier alpha value is -2.09. The lowest BCUT2D eigenvalue weighted by molar-refractivity contribution is -0.121. The number of hydrogen-bond acceptors (Lipinski definition) is 1. The van der Waals surface area contributed by atoms with Crippen LogP contribution in [0.25, 0.3) is 0 Å². The molecule has 2 heteroatoms. The Morgan fingerprint density at radius 3 is 2.32 bits per heavy atom. The standard InChI is InChI=1S/C17H17NO/c1-12-8-10-13(11-9-12)17(2)14-6-4-5-7-15(14)18(3)16(17)19/h4-11H,1-3H3/t17-/m0/s1. The second-order valence-electron chi connectivity index (χ2n) is 5.37. The zero-order chi connectivity index (χ0) is 13.6. The van der Waals surface area contributed by atoms with Gasteiger partial charge in [0.15, 0.2) is 0 Å². The number of likely N-dealkylation sites (N-methyl/N-ethyl adjacent to an activating group) is 1. The van der Waals surface area contributed by atoms with Crippen molar-refractivity contribution in [1.82, 2.24) is 0 Å². The minimum Gasteiger partial charge on any atom is -0.314 e. The first-order valence-corrected chi connectivity index (χ1v) is 6.50. The third-order valence-electron chi connectivity index (χ3n) is 4.17. The van der Waals surface area contributed by atoms with Gasteiger partial charge in [0.2, 0.25) is 5.91 Å². The second kappa shape index (κ2) is 3.95. The molecule has 1 aliphatic heterocycles. The van der Waals surface area contributed by atoms with E-state index >= 15 is 0 Å². The molecular formula is C17H17NO. The SMILES string of the molecule is Cc1ccc([C@]2(C)C(=O)N(C)c3ccccc32)cc1. The van der Waals surface area contributed by atoms with Crippen LogP contribution in [-0.2, 0) is 10.2 Å². The predicted molar refractivity (Wildman–Crippen MR) is 77.5 cm³/mol. The Labute approximate surface area is 113 Å². The van der Waals surface area contributed by atoms with Gasteiger partial charge in [-0.3, -0.25) is 4.79 Å². The van der Waals surface area contributed by atoms with Gasteiger partial charge in [-0.15, -0.1) is 0 Å². The molecule has 0 radical (unpaired) electrons. The second-order valence-corrected chi connectivity index (χ2v) is 5.37. The van der Waals surface area contributed by atoms with Crippen LogP contribution in [0, 0.1) is 6.92 Å². The molecule has 1 atom stereocenters. The summed E-state index contributed by atoms with van der Waals surface area (Å²) in [6.07, 6.45) is 0. The number of para-hydroxylation sites is 1. The van der Waals surface area contributed by atoms with E-state index in [4.69, 9.17) is 0 Å². The molecule has 2 aromatic rings. The third kappa shape index (κ3) is 1.53. The van der Waals surface area contributed by atoms with E-state index in [0.717, 1.165) is 16.8 Å². The van der Waals surface area contributed by atoms with Gasteiger partial charge >= 0.3 is 0 Å². The molecule has 0 aliphatic carbocycles. The van der Waals surface area contributed by atoms with E-state index in [-0.39, 0.29) is 5.91 Å². The lowest BCUT2D eigenvalue weighted by Gasteiger charge is -2.24. The Kier molecular flexibility index (Phi) is 2.49. The van der Waals surface area contributed by atoms with Crippen molar-refractivity contribution in [2.75, 3.05) is 11.9 Å². The normalized spacial score (nSPS) is 21.6. The summed E-state index contributed by atoms with van der Waals surface area (Å²) in [5, 5.41) is 0. The van der Waals surface area contributed by atoms with Gasteiger partial charge in [-0.2, -0.15) is 0 Å². The summed E-state index contributed by atoms with van der Waals surface area (Å²) in [5.41, 5.74) is 3.79. The summed E-state index contributed by atoms with van der Waals surface area (Å²) < 4.78 is 0.